The maximum Gasteiger partial charge on any atom is 0.205 e. The Balaban J connectivity index is 1.22. The number of ether oxygens (including phenoxy) is 1. The summed E-state index contributed by atoms with van der Waals surface area (Å²) in [4.78, 5) is 10.6. The van der Waals surface area contributed by atoms with E-state index in [4.69, 9.17) is 11.3 Å². The lowest BCUT2D eigenvalue weighted by molar-refractivity contribution is 0.0407. The molecule has 1 aliphatic rings. The molecule has 1 aliphatic heterocycles. The summed E-state index contributed by atoms with van der Waals surface area (Å²) in [5, 5.41) is 3.55. The van der Waals surface area contributed by atoms with Crippen molar-refractivity contribution in [3.63, 3.8) is 0 Å². The monoisotopic (exact) mass is 460 g/mol. The van der Waals surface area contributed by atoms with E-state index in [9.17, 15) is 0 Å². The number of hydrogen-bond acceptors (Lipinski definition) is 4. The molecule has 1 N–H and O–H groups in total. The standard InChI is InChI=1S/C30H28N4O/c1-31-26-18-29(24-8-4-2-5-9-24)30(33-20-26)25-14-12-23(13-15-25)19-32-21-28-22-34(16-17-35-28)27-10-6-3-7-11-27/h2-15,18,20,28,32H,16-17,19,21-22H2. The van der Waals surface area contributed by atoms with Crippen LogP contribution >= 0.6 is 0 Å². The first-order chi connectivity index (χ1) is 17.3. The Hall–Kier alpha value is -3.98. The summed E-state index contributed by atoms with van der Waals surface area (Å²) in [6.07, 6.45) is 1.81. The average molecular weight is 461 g/mol. The number of hydrogen-bond donors (Lipinski definition) is 1. The lowest BCUT2D eigenvalue weighted by Gasteiger charge is -2.34. The van der Waals surface area contributed by atoms with Crippen LogP contribution in [0.1, 0.15) is 5.56 Å². The molecule has 4 aromatic rings. The fourth-order valence-corrected chi connectivity index (χ4v) is 4.46. The van der Waals surface area contributed by atoms with Crippen LogP contribution in [0.2, 0.25) is 0 Å². The van der Waals surface area contributed by atoms with Crippen molar-refractivity contribution in [2.45, 2.75) is 12.6 Å². The van der Waals surface area contributed by atoms with Crippen LogP contribution in [0.15, 0.2) is 97.2 Å². The largest absolute Gasteiger partial charge is 0.373 e. The number of para-hydroxylation sites is 1. The molecule has 1 saturated heterocycles. The third-order valence-electron chi connectivity index (χ3n) is 6.28. The van der Waals surface area contributed by atoms with Gasteiger partial charge in [-0.25, -0.2) is 4.85 Å². The van der Waals surface area contributed by atoms with E-state index in [-0.39, 0.29) is 6.10 Å². The van der Waals surface area contributed by atoms with Gasteiger partial charge in [0.2, 0.25) is 5.69 Å². The second kappa shape index (κ2) is 11.0. The number of anilines is 1. The van der Waals surface area contributed by atoms with Gasteiger partial charge in [-0.05, 0) is 34.9 Å². The van der Waals surface area contributed by atoms with Gasteiger partial charge in [-0.3, -0.25) is 4.98 Å². The van der Waals surface area contributed by atoms with Crippen LogP contribution in [0, 0.1) is 6.57 Å². The molecule has 0 spiro atoms. The first-order valence-electron chi connectivity index (χ1n) is 11.9. The van der Waals surface area contributed by atoms with E-state index in [1.165, 1.54) is 11.3 Å². The van der Waals surface area contributed by atoms with Crippen LogP contribution in [0.4, 0.5) is 11.4 Å². The van der Waals surface area contributed by atoms with Gasteiger partial charge in [0.15, 0.2) is 0 Å². The van der Waals surface area contributed by atoms with Gasteiger partial charge in [-0.1, -0.05) is 72.8 Å². The Morgan fingerprint density at radius 3 is 2.43 bits per heavy atom. The normalized spacial score (nSPS) is 15.5. The first-order valence-corrected chi connectivity index (χ1v) is 11.9. The predicted molar refractivity (Wildman–Crippen MR) is 141 cm³/mol. The zero-order valence-electron chi connectivity index (χ0n) is 19.6. The minimum absolute atomic E-state index is 0.168. The molecular weight excluding hydrogens is 432 g/mol. The second-order valence-electron chi connectivity index (χ2n) is 8.67. The summed E-state index contributed by atoms with van der Waals surface area (Å²) >= 11 is 0. The molecule has 0 bridgehead atoms. The van der Waals surface area contributed by atoms with Crippen molar-refractivity contribution in [3.8, 4) is 22.4 Å². The highest BCUT2D eigenvalue weighted by Gasteiger charge is 2.20. The Labute approximate surface area is 206 Å². The molecule has 1 atom stereocenters. The molecule has 3 aromatic carbocycles. The fraction of sp³-hybridized carbons (Fsp3) is 0.200. The molecule has 0 saturated carbocycles. The summed E-state index contributed by atoms with van der Waals surface area (Å²) < 4.78 is 5.99. The number of nitrogens with one attached hydrogen (secondary N) is 1. The molecule has 0 amide bonds. The Morgan fingerprint density at radius 1 is 0.943 bits per heavy atom. The number of aromatic nitrogens is 1. The van der Waals surface area contributed by atoms with E-state index in [0.717, 1.165) is 55.2 Å². The van der Waals surface area contributed by atoms with Gasteiger partial charge in [-0.15, -0.1) is 0 Å². The Bertz CT molecular complexity index is 1280. The summed E-state index contributed by atoms with van der Waals surface area (Å²) in [5.41, 5.74) is 6.97. The van der Waals surface area contributed by atoms with E-state index < -0.39 is 0 Å². The second-order valence-corrected chi connectivity index (χ2v) is 8.67. The number of benzene rings is 3. The zero-order chi connectivity index (χ0) is 23.9. The molecule has 5 rings (SSSR count). The molecule has 0 radical (unpaired) electrons. The maximum absolute atomic E-state index is 7.37. The number of pyridine rings is 1. The quantitative estimate of drug-likeness (QED) is 0.346. The minimum Gasteiger partial charge on any atom is -0.373 e. The van der Waals surface area contributed by atoms with Crippen LogP contribution in [-0.2, 0) is 11.3 Å². The molecular formula is C30H28N4O. The van der Waals surface area contributed by atoms with Crippen molar-refractivity contribution >= 4 is 11.4 Å². The molecule has 35 heavy (non-hydrogen) atoms. The van der Waals surface area contributed by atoms with E-state index in [2.05, 4.69) is 86.8 Å². The summed E-state index contributed by atoms with van der Waals surface area (Å²) in [5.74, 6) is 0. The van der Waals surface area contributed by atoms with Crippen LogP contribution < -0.4 is 10.2 Å². The molecule has 1 aromatic heterocycles. The minimum atomic E-state index is 0.168. The molecule has 1 unspecified atom stereocenters. The van der Waals surface area contributed by atoms with Crippen LogP contribution in [0.25, 0.3) is 27.2 Å². The topological polar surface area (TPSA) is 41.8 Å². The van der Waals surface area contributed by atoms with Gasteiger partial charge in [-0.2, -0.15) is 0 Å². The number of morpholine rings is 1. The molecule has 2 heterocycles. The lowest BCUT2D eigenvalue weighted by Crippen LogP contribution is -2.46. The van der Waals surface area contributed by atoms with E-state index in [1.54, 1.807) is 6.20 Å². The molecule has 5 heteroatoms. The third kappa shape index (κ3) is 5.58. The SMILES string of the molecule is [C-]#[N+]c1cnc(-c2ccc(CNCC3CN(c4ccccc4)CCO3)cc2)c(-c2ccccc2)c1. The summed E-state index contributed by atoms with van der Waals surface area (Å²) in [6, 6.07) is 31.1. The van der Waals surface area contributed by atoms with Gasteiger partial charge in [0, 0.05) is 43.6 Å². The maximum atomic E-state index is 7.37. The van der Waals surface area contributed by atoms with Crippen molar-refractivity contribution in [1.82, 2.24) is 10.3 Å². The zero-order valence-corrected chi connectivity index (χ0v) is 19.6. The van der Waals surface area contributed by atoms with Crippen molar-refractivity contribution in [1.29, 1.82) is 0 Å². The van der Waals surface area contributed by atoms with Gasteiger partial charge in [0.25, 0.3) is 0 Å². The van der Waals surface area contributed by atoms with E-state index in [1.807, 2.05) is 24.3 Å². The van der Waals surface area contributed by atoms with Gasteiger partial charge >= 0.3 is 0 Å². The molecule has 0 aliphatic carbocycles. The number of nitrogens with zero attached hydrogens (tertiary/aromatic N) is 3. The highest BCUT2D eigenvalue weighted by molar-refractivity contribution is 5.83. The summed E-state index contributed by atoms with van der Waals surface area (Å²) in [7, 11) is 0. The Kier molecular flexibility index (Phi) is 7.14. The molecule has 174 valence electrons. The highest BCUT2D eigenvalue weighted by atomic mass is 16.5. The fourth-order valence-electron chi connectivity index (χ4n) is 4.46. The highest BCUT2D eigenvalue weighted by Crippen LogP contribution is 2.33. The summed E-state index contributed by atoms with van der Waals surface area (Å²) in [6.45, 7) is 11.5. The van der Waals surface area contributed by atoms with Crippen LogP contribution in [0.5, 0.6) is 0 Å². The van der Waals surface area contributed by atoms with Crippen LogP contribution in [0.3, 0.4) is 0 Å². The molecule has 1 fully saturated rings. The van der Waals surface area contributed by atoms with Crippen LogP contribution in [-0.4, -0.2) is 37.3 Å². The van der Waals surface area contributed by atoms with E-state index in [0.29, 0.717) is 5.69 Å². The first kappa shape index (κ1) is 22.8. The van der Waals surface area contributed by atoms with Gasteiger partial charge < -0.3 is 15.0 Å². The van der Waals surface area contributed by atoms with Crippen molar-refractivity contribution < 1.29 is 4.74 Å². The van der Waals surface area contributed by atoms with Gasteiger partial charge in [0.05, 0.1) is 25.0 Å². The third-order valence-corrected chi connectivity index (χ3v) is 6.28. The van der Waals surface area contributed by atoms with Crippen molar-refractivity contribution in [2.75, 3.05) is 31.1 Å². The predicted octanol–water partition coefficient (Wildman–Crippen LogP) is 5.96. The lowest BCUT2D eigenvalue weighted by atomic mass is 9.98. The van der Waals surface area contributed by atoms with Crippen molar-refractivity contribution in [2.24, 2.45) is 0 Å². The Morgan fingerprint density at radius 2 is 1.69 bits per heavy atom. The average Bonchev–Trinajstić information content (AvgIpc) is 2.94. The van der Waals surface area contributed by atoms with Gasteiger partial charge in [0.1, 0.15) is 0 Å². The smallest absolute Gasteiger partial charge is 0.205 e. The number of rotatable bonds is 7. The van der Waals surface area contributed by atoms with E-state index >= 15 is 0 Å². The molecule has 5 nitrogen and oxygen atoms in total. The van der Waals surface area contributed by atoms with Crippen molar-refractivity contribution in [3.05, 3.63) is 114 Å².